The van der Waals surface area contributed by atoms with Crippen molar-refractivity contribution in [3.8, 4) is 11.3 Å². The van der Waals surface area contributed by atoms with Gasteiger partial charge in [0.1, 0.15) is 5.82 Å². The Hall–Kier alpha value is -3.70. The zero-order valence-electron chi connectivity index (χ0n) is 18.0. The van der Waals surface area contributed by atoms with Crippen LogP contribution in [0.4, 0.5) is 13.2 Å². The first-order valence-corrected chi connectivity index (χ1v) is 10.1. The number of aromatic amines is 1. The van der Waals surface area contributed by atoms with Gasteiger partial charge in [0.05, 0.1) is 17.0 Å². The molecular weight excluding hydrogens is 441 g/mol. The zero-order chi connectivity index (χ0) is 24.2. The third-order valence-electron chi connectivity index (χ3n) is 5.13. The van der Waals surface area contributed by atoms with Crippen LogP contribution < -0.4 is 0 Å². The number of aryl methyl sites for hydroxylation is 2. The Labute approximate surface area is 187 Å². The topological polar surface area (TPSA) is 117 Å². The largest absolute Gasteiger partial charge is 0.490 e. The Morgan fingerprint density at radius 1 is 1.33 bits per heavy atom. The molecule has 9 nitrogen and oxygen atoms in total. The van der Waals surface area contributed by atoms with E-state index in [1.165, 1.54) is 0 Å². The number of halogens is 3. The number of carbonyl (C=O) groups excluding carboxylic acids is 1. The van der Waals surface area contributed by atoms with Crippen molar-refractivity contribution in [2.45, 2.75) is 32.5 Å². The van der Waals surface area contributed by atoms with E-state index in [1.54, 1.807) is 23.5 Å². The average molecular weight is 464 g/mol. The molecule has 3 aromatic rings. The van der Waals surface area contributed by atoms with Crippen LogP contribution in [0.15, 0.2) is 36.9 Å². The quantitative estimate of drug-likeness (QED) is 0.613. The SMILES string of the molecule is Cc1cn2c(n1)CCC(CN(C)C(=O)c1cncc(-c3ccn[nH]3)c1)C2.O=C(O)C(F)(F)F. The lowest BCUT2D eigenvalue weighted by atomic mass is 9.98. The molecule has 12 heteroatoms. The van der Waals surface area contributed by atoms with Gasteiger partial charge in [-0.3, -0.25) is 14.9 Å². The van der Waals surface area contributed by atoms with Crippen molar-refractivity contribution < 1.29 is 27.9 Å². The summed E-state index contributed by atoms with van der Waals surface area (Å²) in [6.45, 7) is 3.67. The third kappa shape index (κ3) is 6.18. The number of rotatable bonds is 4. The predicted molar refractivity (Wildman–Crippen MR) is 111 cm³/mol. The van der Waals surface area contributed by atoms with Crippen molar-refractivity contribution in [3.63, 3.8) is 0 Å². The number of hydrogen-bond acceptors (Lipinski definition) is 5. The number of pyridine rings is 1. The molecule has 0 aliphatic carbocycles. The Balaban J connectivity index is 0.000000383. The number of carboxylic acid groups (broad SMARTS) is 1. The van der Waals surface area contributed by atoms with Crippen molar-refractivity contribution >= 4 is 11.9 Å². The summed E-state index contributed by atoms with van der Waals surface area (Å²) < 4.78 is 34.0. The number of amides is 1. The van der Waals surface area contributed by atoms with E-state index in [9.17, 15) is 18.0 Å². The summed E-state index contributed by atoms with van der Waals surface area (Å²) in [5.74, 6) is -1.17. The van der Waals surface area contributed by atoms with Gasteiger partial charge in [-0.2, -0.15) is 18.3 Å². The highest BCUT2D eigenvalue weighted by Crippen LogP contribution is 2.22. The monoisotopic (exact) mass is 464 g/mol. The highest BCUT2D eigenvalue weighted by atomic mass is 19.4. The molecule has 1 unspecified atom stereocenters. The van der Waals surface area contributed by atoms with Gasteiger partial charge in [-0.15, -0.1) is 0 Å². The first kappa shape index (κ1) is 24.0. The van der Waals surface area contributed by atoms with Crippen LogP contribution in [0, 0.1) is 12.8 Å². The van der Waals surface area contributed by atoms with E-state index in [1.807, 2.05) is 26.1 Å². The van der Waals surface area contributed by atoms with Crippen LogP contribution in [0.2, 0.25) is 0 Å². The summed E-state index contributed by atoms with van der Waals surface area (Å²) in [5.41, 5.74) is 3.37. The zero-order valence-corrected chi connectivity index (χ0v) is 18.0. The molecule has 0 saturated heterocycles. The Morgan fingerprint density at radius 2 is 2.06 bits per heavy atom. The Morgan fingerprint density at radius 3 is 2.70 bits per heavy atom. The summed E-state index contributed by atoms with van der Waals surface area (Å²) in [7, 11) is 1.86. The summed E-state index contributed by atoms with van der Waals surface area (Å²) in [4.78, 5) is 32.3. The lowest BCUT2D eigenvalue weighted by Crippen LogP contribution is -2.35. The van der Waals surface area contributed by atoms with Crippen LogP contribution in [-0.2, 0) is 17.8 Å². The van der Waals surface area contributed by atoms with Gasteiger partial charge >= 0.3 is 12.1 Å². The van der Waals surface area contributed by atoms with Gasteiger partial charge in [-0.05, 0) is 31.4 Å². The molecule has 1 amide bonds. The van der Waals surface area contributed by atoms with Gasteiger partial charge in [-0.1, -0.05) is 0 Å². The maximum absolute atomic E-state index is 12.8. The normalized spacial score (nSPS) is 15.2. The fourth-order valence-electron chi connectivity index (χ4n) is 3.62. The number of nitrogens with zero attached hydrogens (tertiary/aromatic N) is 5. The molecule has 1 atom stereocenters. The molecule has 0 aromatic carbocycles. The van der Waals surface area contributed by atoms with Gasteiger partial charge in [0.15, 0.2) is 0 Å². The van der Waals surface area contributed by atoms with E-state index >= 15 is 0 Å². The van der Waals surface area contributed by atoms with Crippen molar-refractivity contribution in [1.82, 2.24) is 29.6 Å². The van der Waals surface area contributed by atoms with Crippen LogP contribution in [0.3, 0.4) is 0 Å². The van der Waals surface area contributed by atoms with E-state index < -0.39 is 12.1 Å². The number of hydrogen-bond donors (Lipinski definition) is 2. The number of aliphatic carboxylic acids is 1. The van der Waals surface area contributed by atoms with Crippen molar-refractivity contribution in [3.05, 3.63) is 54.0 Å². The first-order valence-electron chi connectivity index (χ1n) is 10.1. The second-order valence-corrected chi connectivity index (χ2v) is 7.78. The van der Waals surface area contributed by atoms with Crippen molar-refractivity contribution in [1.29, 1.82) is 0 Å². The van der Waals surface area contributed by atoms with Crippen LogP contribution in [0.5, 0.6) is 0 Å². The van der Waals surface area contributed by atoms with E-state index in [0.717, 1.165) is 48.7 Å². The number of aromatic nitrogens is 5. The minimum absolute atomic E-state index is 0.00789. The molecule has 0 radical (unpaired) electrons. The highest BCUT2D eigenvalue weighted by molar-refractivity contribution is 5.94. The van der Waals surface area contributed by atoms with Crippen LogP contribution in [-0.4, -0.2) is 66.4 Å². The van der Waals surface area contributed by atoms with E-state index in [0.29, 0.717) is 11.5 Å². The standard InChI is InChI=1S/C19H22N6O.C2HF3O2/c1-13-10-25-12-14(3-4-18(25)22-13)11-24(2)19(26)16-7-15(8-20-9-16)17-5-6-21-23-17;3-2(4,5)1(6)7/h5-10,14H,3-4,11-12H2,1-2H3,(H,21,23);(H,6,7). The number of imidazole rings is 1. The number of carbonyl (C=O) groups is 2. The molecule has 4 heterocycles. The van der Waals surface area contributed by atoms with Gasteiger partial charge in [0.25, 0.3) is 5.91 Å². The minimum atomic E-state index is -5.08. The lowest BCUT2D eigenvalue weighted by Gasteiger charge is -2.28. The van der Waals surface area contributed by atoms with Gasteiger partial charge in [0, 0.05) is 56.9 Å². The molecule has 0 saturated carbocycles. The first-order chi connectivity index (χ1) is 15.5. The number of alkyl halides is 3. The van der Waals surface area contributed by atoms with Crippen LogP contribution in [0.1, 0.15) is 28.3 Å². The maximum Gasteiger partial charge on any atom is 0.490 e. The predicted octanol–water partition coefficient (Wildman–Crippen LogP) is 2.94. The molecule has 3 aromatic heterocycles. The summed E-state index contributed by atoms with van der Waals surface area (Å²) in [6.07, 6.45) is 4.08. The Bertz CT molecular complexity index is 1110. The number of H-pyrrole nitrogens is 1. The number of carboxylic acids is 1. The number of fused-ring (bicyclic) bond motifs is 1. The molecule has 33 heavy (non-hydrogen) atoms. The second kappa shape index (κ2) is 9.84. The van der Waals surface area contributed by atoms with Crippen LogP contribution >= 0.6 is 0 Å². The average Bonchev–Trinajstić information content (AvgIpc) is 3.42. The lowest BCUT2D eigenvalue weighted by molar-refractivity contribution is -0.192. The molecule has 1 aliphatic heterocycles. The molecule has 176 valence electrons. The summed E-state index contributed by atoms with van der Waals surface area (Å²) >= 11 is 0. The van der Waals surface area contributed by atoms with Crippen LogP contribution in [0.25, 0.3) is 11.3 Å². The van der Waals surface area contributed by atoms with Crippen molar-refractivity contribution in [2.24, 2.45) is 5.92 Å². The third-order valence-corrected chi connectivity index (χ3v) is 5.13. The van der Waals surface area contributed by atoms with E-state index in [4.69, 9.17) is 9.90 Å². The molecular formula is C21H23F3N6O3. The smallest absolute Gasteiger partial charge is 0.475 e. The van der Waals surface area contributed by atoms with Gasteiger partial charge in [-0.25, -0.2) is 9.78 Å². The Kier molecular flexibility index (Phi) is 7.14. The molecule has 0 fully saturated rings. The summed E-state index contributed by atoms with van der Waals surface area (Å²) in [6, 6.07) is 3.72. The maximum atomic E-state index is 12.8. The molecule has 2 N–H and O–H groups in total. The summed E-state index contributed by atoms with van der Waals surface area (Å²) in [5, 5.41) is 14.0. The molecule has 1 aliphatic rings. The van der Waals surface area contributed by atoms with E-state index in [2.05, 4.69) is 30.9 Å². The fourth-order valence-corrected chi connectivity index (χ4v) is 3.62. The fraction of sp³-hybridized carbons (Fsp3) is 0.381. The van der Waals surface area contributed by atoms with Gasteiger partial charge < -0.3 is 14.6 Å². The molecule has 4 rings (SSSR count). The second-order valence-electron chi connectivity index (χ2n) is 7.78. The van der Waals surface area contributed by atoms with Gasteiger partial charge in [0.2, 0.25) is 0 Å². The molecule has 0 spiro atoms. The number of nitrogens with one attached hydrogen (secondary N) is 1. The highest BCUT2D eigenvalue weighted by Gasteiger charge is 2.38. The van der Waals surface area contributed by atoms with E-state index in [-0.39, 0.29) is 5.91 Å². The van der Waals surface area contributed by atoms with Crippen molar-refractivity contribution in [2.75, 3.05) is 13.6 Å². The minimum Gasteiger partial charge on any atom is -0.475 e. The molecule has 0 bridgehead atoms.